The van der Waals surface area contributed by atoms with Crippen molar-refractivity contribution < 1.29 is 0 Å². The normalized spacial score (nSPS) is 21.8. The fourth-order valence-electron chi connectivity index (χ4n) is 1.53. The molecule has 0 amide bonds. The average molecular weight is 168 g/mol. The fraction of sp³-hybridized carbons (Fsp3) is 0.333. The van der Waals surface area contributed by atoms with Crippen molar-refractivity contribution in [1.29, 1.82) is 0 Å². The molecule has 1 N–H and O–H groups in total. The minimum absolute atomic E-state index is 0.462. The van der Waals surface area contributed by atoms with Gasteiger partial charge < -0.3 is 5.32 Å². The molecule has 1 nitrogen and oxygen atoms in total. The van der Waals surface area contributed by atoms with E-state index in [-0.39, 0.29) is 0 Å². The van der Waals surface area contributed by atoms with Crippen LogP contribution in [0, 0.1) is 0 Å². The second-order valence-corrected chi connectivity index (χ2v) is 3.32. The summed E-state index contributed by atoms with van der Waals surface area (Å²) in [5.41, 5.74) is 2.61. The first-order chi connectivity index (χ1) is 5.29. The van der Waals surface area contributed by atoms with Crippen LogP contribution in [0.3, 0.4) is 0 Å². The molecule has 1 aromatic rings. The lowest BCUT2D eigenvalue weighted by molar-refractivity contribution is 0.633. The predicted octanol–water partition coefficient (Wildman–Crippen LogP) is 2.50. The Morgan fingerprint density at radius 1 is 1.55 bits per heavy atom. The summed E-state index contributed by atoms with van der Waals surface area (Å²) in [5.74, 6) is 0. The van der Waals surface area contributed by atoms with Gasteiger partial charge in [-0.25, -0.2) is 0 Å². The highest BCUT2D eigenvalue weighted by molar-refractivity contribution is 6.31. The summed E-state index contributed by atoms with van der Waals surface area (Å²) in [4.78, 5) is 0. The first-order valence-electron chi connectivity index (χ1n) is 3.79. The molecule has 1 atom stereocenters. The minimum Gasteiger partial charge on any atom is -0.306 e. The molecule has 1 aliphatic rings. The van der Waals surface area contributed by atoms with Gasteiger partial charge in [0, 0.05) is 17.6 Å². The van der Waals surface area contributed by atoms with E-state index < -0.39 is 0 Å². The third kappa shape index (κ3) is 1.05. The third-order valence-electron chi connectivity index (χ3n) is 2.21. The van der Waals surface area contributed by atoms with Gasteiger partial charge >= 0.3 is 0 Å². The SMILES string of the molecule is C[C@@H]1NCc2c(Cl)cccc21. The van der Waals surface area contributed by atoms with E-state index in [1.165, 1.54) is 11.1 Å². The molecule has 1 aromatic carbocycles. The molecule has 0 unspecified atom stereocenters. The molecule has 0 aliphatic carbocycles. The van der Waals surface area contributed by atoms with Gasteiger partial charge in [-0.1, -0.05) is 23.7 Å². The van der Waals surface area contributed by atoms with E-state index in [0.717, 1.165) is 11.6 Å². The Labute approximate surface area is 71.4 Å². The number of halogens is 1. The van der Waals surface area contributed by atoms with Gasteiger partial charge in [-0.15, -0.1) is 0 Å². The van der Waals surface area contributed by atoms with E-state index in [1.807, 2.05) is 12.1 Å². The first kappa shape index (κ1) is 7.14. The van der Waals surface area contributed by atoms with E-state index in [2.05, 4.69) is 18.3 Å². The fourth-order valence-corrected chi connectivity index (χ4v) is 1.78. The lowest BCUT2D eigenvalue weighted by atomic mass is 10.1. The first-order valence-corrected chi connectivity index (χ1v) is 4.17. The Balaban J connectivity index is 2.57. The number of fused-ring (bicyclic) bond motifs is 1. The molecule has 0 spiro atoms. The molecule has 0 radical (unpaired) electrons. The summed E-state index contributed by atoms with van der Waals surface area (Å²) < 4.78 is 0. The van der Waals surface area contributed by atoms with Gasteiger partial charge in [0.15, 0.2) is 0 Å². The molecule has 0 bridgehead atoms. The molecule has 1 aliphatic heterocycles. The van der Waals surface area contributed by atoms with Crippen molar-refractivity contribution in [1.82, 2.24) is 5.32 Å². The van der Waals surface area contributed by atoms with Crippen molar-refractivity contribution in [3.63, 3.8) is 0 Å². The Morgan fingerprint density at radius 2 is 2.36 bits per heavy atom. The van der Waals surface area contributed by atoms with Gasteiger partial charge in [-0.2, -0.15) is 0 Å². The van der Waals surface area contributed by atoms with Crippen LogP contribution >= 0.6 is 11.6 Å². The monoisotopic (exact) mass is 167 g/mol. The summed E-state index contributed by atoms with van der Waals surface area (Å²) in [6.45, 7) is 3.07. The Bertz CT molecular complexity index is 283. The lowest BCUT2D eigenvalue weighted by Crippen LogP contribution is -2.06. The molecule has 58 valence electrons. The highest BCUT2D eigenvalue weighted by Crippen LogP contribution is 2.29. The van der Waals surface area contributed by atoms with Gasteiger partial charge in [-0.3, -0.25) is 0 Å². The molecule has 0 fully saturated rings. The summed E-state index contributed by atoms with van der Waals surface area (Å²) in [6, 6.07) is 6.54. The second-order valence-electron chi connectivity index (χ2n) is 2.91. The van der Waals surface area contributed by atoms with Gasteiger partial charge in [0.25, 0.3) is 0 Å². The largest absolute Gasteiger partial charge is 0.306 e. The highest BCUT2D eigenvalue weighted by atomic mass is 35.5. The molecule has 0 saturated heterocycles. The van der Waals surface area contributed by atoms with E-state index in [9.17, 15) is 0 Å². The van der Waals surface area contributed by atoms with Crippen LogP contribution in [0.2, 0.25) is 5.02 Å². The zero-order chi connectivity index (χ0) is 7.84. The van der Waals surface area contributed by atoms with Crippen LogP contribution in [0.4, 0.5) is 0 Å². The Morgan fingerprint density at radius 3 is 3.09 bits per heavy atom. The zero-order valence-electron chi connectivity index (χ0n) is 6.39. The third-order valence-corrected chi connectivity index (χ3v) is 2.56. The van der Waals surface area contributed by atoms with Crippen LogP contribution in [0.1, 0.15) is 24.1 Å². The van der Waals surface area contributed by atoms with Crippen LogP contribution in [-0.2, 0) is 6.54 Å². The van der Waals surface area contributed by atoms with Crippen molar-refractivity contribution in [2.45, 2.75) is 19.5 Å². The van der Waals surface area contributed by atoms with Crippen molar-refractivity contribution >= 4 is 11.6 Å². The predicted molar refractivity (Wildman–Crippen MR) is 46.7 cm³/mol. The molecular weight excluding hydrogens is 158 g/mol. The summed E-state index contributed by atoms with van der Waals surface area (Å²) in [7, 11) is 0. The molecule has 2 rings (SSSR count). The Kier molecular flexibility index (Phi) is 1.63. The van der Waals surface area contributed by atoms with E-state index in [1.54, 1.807) is 0 Å². The smallest absolute Gasteiger partial charge is 0.0454 e. The highest BCUT2D eigenvalue weighted by Gasteiger charge is 2.18. The van der Waals surface area contributed by atoms with Crippen molar-refractivity contribution in [2.24, 2.45) is 0 Å². The van der Waals surface area contributed by atoms with Gasteiger partial charge in [-0.05, 0) is 24.1 Å². The quantitative estimate of drug-likeness (QED) is 0.626. The number of nitrogens with one attached hydrogen (secondary N) is 1. The van der Waals surface area contributed by atoms with E-state index >= 15 is 0 Å². The van der Waals surface area contributed by atoms with Crippen molar-refractivity contribution in [2.75, 3.05) is 0 Å². The maximum absolute atomic E-state index is 5.99. The Hall–Kier alpha value is -0.530. The molecule has 2 heteroatoms. The van der Waals surface area contributed by atoms with Gasteiger partial charge in [0.05, 0.1) is 0 Å². The van der Waals surface area contributed by atoms with Crippen LogP contribution in [0.5, 0.6) is 0 Å². The zero-order valence-corrected chi connectivity index (χ0v) is 7.15. The standard InChI is InChI=1S/C9H10ClN/c1-6-7-3-2-4-9(10)8(7)5-11-6/h2-4,6,11H,5H2,1H3/t6-/m0/s1. The lowest BCUT2D eigenvalue weighted by Gasteiger charge is -2.03. The number of hydrogen-bond donors (Lipinski definition) is 1. The molecular formula is C9H10ClN. The van der Waals surface area contributed by atoms with Gasteiger partial charge in [0.2, 0.25) is 0 Å². The average Bonchev–Trinajstić information content (AvgIpc) is 2.35. The van der Waals surface area contributed by atoms with E-state index in [4.69, 9.17) is 11.6 Å². The van der Waals surface area contributed by atoms with Crippen LogP contribution < -0.4 is 5.32 Å². The molecule has 1 heterocycles. The molecule has 0 saturated carbocycles. The van der Waals surface area contributed by atoms with Crippen LogP contribution in [-0.4, -0.2) is 0 Å². The maximum atomic E-state index is 5.99. The molecule has 0 aromatic heterocycles. The number of hydrogen-bond acceptors (Lipinski definition) is 1. The number of rotatable bonds is 0. The minimum atomic E-state index is 0.462. The molecule has 11 heavy (non-hydrogen) atoms. The van der Waals surface area contributed by atoms with E-state index in [0.29, 0.717) is 6.04 Å². The second kappa shape index (κ2) is 2.50. The maximum Gasteiger partial charge on any atom is 0.0454 e. The summed E-state index contributed by atoms with van der Waals surface area (Å²) in [5, 5.41) is 4.23. The van der Waals surface area contributed by atoms with Crippen molar-refractivity contribution in [3.8, 4) is 0 Å². The topological polar surface area (TPSA) is 12.0 Å². The summed E-state index contributed by atoms with van der Waals surface area (Å²) >= 11 is 5.99. The van der Waals surface area contributed by atoms with Crippen molar-refractivity contribution in [3.05, 3.63) is 34.3 Å². The van der Waals surface area contributed by atoms with Crippen LogP contribution in [0.25, 0.3) is 0 Å². The van der Waals surface area contributed by atoms with Crippen LogP contribution in [0.15, 0.2) is 18.2 Å². The summed E-state index contributed by atoms with van der Waals surface area (Å²) in [6.07, 6.45) is 0. The van der Waals surface area contributed by atoms with Gasteiger partial charge in [0.1, 0.15) is 0 Å². The number of benzene rings is 1.